The van der Waals surface area contributed by atoms with Gasteiger partial charge in [-0.3, -0.25) is 4.79 Å². The molecule has 0 heterocycles. The first-order chi connectivity index (χ1) is 10.3. The van der Waals surface area contributed by atoms with Crippen LogP contribution in [0.2, 0.25) is 0 Å². The predicted octanol–water partition coefficient (Wildman–Crippen LogP) is 4.11. The molecule has 0 fully saturated rings. The lowest BCUT2D eigenvalue weighted by Crippen LogP contribution is -2.05. The molecule has 110 valence electrons. The van der Waals surface area contributed by atoms with Crippen molar-refractivity contribution in [3.05, 3.63) is 59.7 Å². The average molecular weight is 284 g/mol. The predicted molar refractivity (Wildman–Crippen MR) is 83.3 cm³/mol. The molecule has 0 saturated carbocycles. The number of hydrogen-bond donors (Lipinski definition) is 0. The van der Waals surface area contributed by atoms with Crippen LogP contribution in [-0.4, -0.2) is 19.0 Å². The van der Waals surface area contributed by atoms with Crippen LogP contribution in [-0.2, 0) is 0 Å². The normalized spacial score (nSPS) is 10.2. The number of para-hydroxylation sites is 1. The van der Waals surface area contributed by atoms with Gasteiger partial charge in [0.05, 0.1) is 18.8 Å². The molecular weight excluding hydrogens is 264 g/mol. The van der Waals surface area contributed by atoms with Gasteiger partial charge < -0.3 is 9.47 Å². The highest BCUT2D eigenvalue weighted by molar-refractivity contribution is 6.10. The lowest BCUT2D eigenvalue weighted by Gasteiger charge is -2.09. The van der Waals surface area contributed by atoms with Crippen molar-refractivity contribution in [1.29, 1.82) is 0 Å². The summed E-state index contributed by atoms with van der Waals surface area (Å²) in [6, 6.07) is 14.5. The number of carbonyl (C=O) groups is 1. The van der Waals surface area contributed by atoms with Crippen LogP contribution >= 0.6 is 0 Å². The minimum Gasteiger partial charge on any atom is -0.494 e. The monoisotopic (exact) mass is 284 g/mol. The van der Waals surface area contributed by atoms with Crippen molar-refractivity contribution in [1.82, 2.24) is 0 Å². The van der Waals surface area contributed by atoms with Crippen molar-refractivity contribution in [2.75, 3.05) is 13.2 Å². The molecule has 0 N–H and O–H groups in total. The van der Waals surface area contributed by atoms with Crippen LogP contribution in [0.25, 0.3) is 0 Å². The van der Waals surface area contributed by atoms with Gasteiger partial charge in [-0.25, -0.2) is 0 Å². The van der Waals surface area contributed by atoms with Crippen LogP contribution in [0.3, 0.4) is 0 Å². The van der Waals surface area contributed by atoms with Crippen molar-refractivity contribution in [3.8, 4) is 11.5 Å². The van der Waals surface area contributed by atoms with E-state index in [-0.39, 0.29) is 5.78 Å². The molecule has 3 nitrogen and oxygen atoms in total. The SMILES string of the molecule is CCCOc1ccc(C(=O)c2ccccc2OCC)cc1. The van der Waals surface area contributed by atoms with E-state index in [1.807, 2.05) is 37.3 Å². The second kappa shape index (κ2) is 7.48. The standard InChI is InChI=1S/C18H20O3/c1-3-13-21-15-11-9-14(10-12-15)18(19)16-7-5-6-8-17(16)20-4-2/h5-12H,3-4,13H2,1-2H3. The van der Waals surface area contributed by atoms with Crippen molar-refractivity contribution in [3.63, 3.8) is 0 Å². The summed E-state index contributed by atoms with van der Waals surface area (Å²) in [4.78, 5) is 12.5. The summed E-state index contributed by atoms with van der Waals surface area (Å²) in [5.41, 5.74) is 1.22. The lowest BCUT2D eigenvalue weighted by molar-refractivity contribution is 0.103. The van der Waals surface area contributed by atoms with E-state index in [0.29, 0.717) is 30.1 Å². The molecule has 0 aliphatic rings. The number of carbonyl (C=O) groups excluding carboxylic acids is 1. The summed E-state index contributed by atoms with van der Waals surface area (Å²) < 4.78 is 11.0. The van der Waals surface area contributed by atoms with E-state index in [4.69, 9.17) is 9.47 Å². The Bertz CT molecular complexity index is 588. The van der Waals surface area contributed by atoms with Crippen LogP contribution in [0.5, 0.6) is 11.5 Å². The van der Waals surface area contributed by atoms with E-state index >= 15 is 0 Å². The molecule has 2 aromatic carbocycles. The Balaban J connectivity index is 2.20. The molecule has 0 aromatic heterocycles. The highest BCUT2D eigenvalue weighted by Gasteiger charge is 2.14. The summed E-state index contributed by atoms with van der Waals surface area (Å²) in [6.45, 7) is 5.18. The molecule has 21 heavy (non-hydrogen) atoms. The van der Waals surface area contributed by atoms with E-state index in [1.54, 1.807) is 18.2 Å². The molecule has 0 atom stereocenters. The Morgan fingerprint density at radius 2 is 1.67 bits per heavy atom. The number of ether oxygens (including phenoxy) is 2. The van der Waals surface area contributed by atoms with E-state index in [9.17, 15) is 4.79 Å². The summed E-state index contributed by atoms with van der Waals surface area (Å²) in [5, 5.41) is 0. The third-order valence-corrected chi connectivity index (χ3v) is 3.02. The third-order valence-electron chi connectivity index (χ3n) is 3.02. The summed E-state index contributed by atoms with van der Waals surface area (Å²) in [7, 11) is 0. The molecule has 0 saturated heterocycles. The molecule has 2 rings (SSSR count). The molecular formula is C18H20O3. The Hall–Kier alpha value is -2.29. The van der Waals surface area contributed by atoms with Gasteiger partial charge in [-0.2, -0.15) is 0 Å². The quantitative estimate of drug-likeness (QED) is 0.718. The number of ketones is 1. The first kappa shape index (κ1) is 15.1. The van der Waals surface area contributed by atoms with Crippen LogP contribution in [0, 0.1) is 0 Å². The largest absolute Gasteiger partial charge is 0.494 e. The third kappa shape index (κ3) is 3.85. The van der Waals surface area contributed by atoms with Crippen LogP contribution in [0.1, 0.15) is 36.2 Å². The van der Waals surface area contributed by atoms with Crippen LogP contribution in [0.4, 0.5) is 0 Å². The fraction of sp³-hybridized carbons (Fsp3) is 0.278. The van der Waals surface area contributed by atoms with E-state index < -0.39 is 0 Å². The zero-order valence-corrected chi connectivity index (χ0v) is 12.5. The van der Waals surface area contributed by atoms with Gasteiger partial charge in [-0.1, -0.05) is 19.1 Å². The van der Waals surface area contributed by atoms with Gasteiger partial charge in [0.1, 0.15) is 11.5 Å². The van der Waals surface area contributed by atoms with E-state index in [0.717, 1.165) is 12.2 Å². The molecule has 0 radical (unpaired) electrons. The average Bonchev–Trinajstić information content (AvgIpc) is 2.53. The highest BCUT2D eigenvalue weighted by Crippen LogP contribution is 2.22. The van der Waals surface area contributed by atoms with Gasteiger partial charge in [0.15, 0.2) is 5.78 Å². The Morgan fingerprint density at radius 1 is 0.952 bits per heavy atom. The van der Waals surface area contributed by atoms with Crippen molar-refractivity contribution < 1.29 is 14.3 Å². The fourth-order valence-corrected chi connectivity index (χ4v) is 2.01. The highest BCUT2D eigenvalue weighted by atomic mass is 16.5. The van der Waals surface area contributed by atoms with Crippen LogP contribution < -0.4 is 9.47 Å². The first-order valence-electron chi connectivity index (χ1n) is 7.25. The van der Waals surface area contributed by atoms with Gasteiger partial charge >= 0.3 is 0 Å². The number of rotatable bonds is 7. The summed E-state index contributed by atoms with van der Waals surface area (Å²) >= 11 is 0. The van der Waals surface area contributed by atoms with Gasteiger partial charge in [-0.05, 0) is 49.7 Å². The van der Waals surface area contributed by atoms with E-state index in [2.05, 4.69) is 6.92 Å². The second-order valence-corrected chi connectivity index (χ2v) is 4.63. The topological polar surface area (TPSA) is 35.5 Å². The minimum atomic E-state index is -0.0407. The summed E-state index contributed by atoms with van der Waals surface area (Å²) in [6.07, 6.45) is 0.961. The fourth-order valence-electron chi connectivity index (χ4n) is 2.01. The molecule has 0 bridgehead atoms. The smallest absolute Gasteiger partial charge is 0.196 e. The maximum Gasteiger partial charge on any atom is 0.196 e. The van der Waals surface area contributed by atoms with Crippen molar-refractivity contribution >= 4 is 5.78 Å². The lowest BCUT2D eigenvalue weighted by atomic mass is 10.0. The first-order valence-corrected chi connectivity index (χ1v) is 7.25. The Kier molecular flexibility index (Phi) is 5.38. The molecule has 0 spiro atoms. The Labute approximate surface area is 125 Å². The second-order valence-electron chi connectivity index (χ2n) is 4.63. The zero-order valence-electron chi connectivity index (χ0n) is 12.5. The van der Waals surface area contributed by atoms with Crippen LogP contribution in [0.15, 0.2) is 48.5 Å². The number of hydrogen-bond acceptors (Lipinski definition) is 3. The molecule has 0 unspecified atom stereocenters. The molecule has 0 amide bonds. The number of benzene rings is 2. The minimum absolute atomic E-state index is 0.0407. The Morgan fingerprint density at radius 3 is 2.33 bits per heavy atom. The van der Waals surface area contributed by atoms with Gasteiger partial charge in [0, 0.05) is 5.56 Å². The van der Waals surface area contributed by atoms with Gasteiger partial charge in [-0.15, -0.1) is 0 Å². The summed E-state index contributed by atoms with van der Waals surface area (Å²) in [5.74, 6) is 1.36. The maximum absolute atomic E-state index is 12.5. The van der Waals surface area contributed by atoms with Gasteiger partial charge in [0.2, 0.25) is 0 Å². The van der Waals surface area contributed by atoms with Gasteiger partial charge in [0.25, 0.3) is 0 Å². The zero-order chi connectivity index (χ0) is 15.1. The van der Waals surface area contributed by atoms with Crippen molar-refractivity contribution in [2.24, 2.45) is 0 Å². The molecule has 0 aliphatic heterocycles. The van der Waals surface area contributed by atoms with Crippen molar-refractivity contribution in [2.45, 2.75) is 20.3 Å². The van der Waals surface area contributed by atoms with E-state index in [1.165, 1.54) is 0 Å². The molecule has 3 heteroatoms. The molecule has 2 aromatic rings. The molecule has 0 aliphatic carbocycles. The maximum atomic E-state index is 12.5.